The van der Waals surface area contributed by atoms with Gasteiger partial charge in [-0.05, 0) is 24.3 Å². The first-order valence-electron chi connectivity index (χ1n) is 9.72. The molecule has 1 aliphatic rings. The largest absolute Gasteiger partial charge is 0.355 e. The Balaban J connectivity index is 1.36. The number of hydrogen-bond donors (Lipinski definition) is 1. The van der Waals surface area contributed by atoms with Gasteiger partial charge in [0.1, 0.15) is 29.1 Å². The van der Waals surface area contributed by atoms with Gasteiger partial charge in [0.2, 0.25) is 5.91 Å². The molecule has 1 N–H and O–H groups in total. The van der Waals surface area contributed by atoms with Crippen molar-refractivity contribution in [3.8, 4) is 0 Å². The Labute approximate surface area is 168 Å². The average Bonchev–Trinajstić information content (AvgIpc) is 3.37. The first-order valence-corrected chi connectivity index (χ1v) is 10.6. The van der Waals surface area contributed by atoms with Crippen LogP contribution in [0.25, 0.3) is 10.2 Å². The number of aromatic nitrogens is 5. The van der Waals surface area contributed by atoms with Gasteiger partial charge in [0.25, 0.3) is 0 Å². The Kier molecular flexibility index (Phi) is 5.52. The molecular formula is C19H25N7OS. The van der Waals surface area contributed by atoms with Crippen LogP contribution in [0.3, 0.4) is 0 Å². The highest BCUT2D eigenvalue weighted by Gasteiger charge is 2.27. The average molecular weight is 400 g/mol. The molecule has 4 heterocycles. The summed E-state index contributed by atoms with van der Waals surface area (Å²) in [6.45, 7) is 7.06. The van der Waals surface area contributed by atoms with Gasteiger partial charge >= 0.3 is 0 Å². The number of thiophene rings is 1. The fourth-order valence-electron chi connectivity index (χ4n) is 3.74. The molecule has 0 saturated carbocycles. The minimum Gasteiger partial charge on any atom is -0.355 e. The number of nitrogens with one attached hydrogen (secondary N) is 1. The topological polar surface area (TPSA) is 88.8 Å². The molecule has 4 rings (SSSR count). The second-order valence-electron chi connectivity index (χ2n) is 7.45. The Morgan fingerprint density at radius 3 is 3.14 bits per heavy atom. The predicted octanol–water partition coefficient (Wildman–Crippen LogP) is 2.44. The number of hydrogen-bond acceptors (Lipinski definition) is 7. The second kappa shape index (κ2) is 8.22. The van der Waals surface area contributed by atoms with Gasteiger partial charge in [-0.2, -0.15) is 0 Å². The van der Waals surface area contributed by atoms with Gasteiger partial charge in [-0.15, -0.1) is 21.5 Å². The summed E-state index contributed by atoms with van der Waals surface area (Å²) in [6.07, 6.45) is 5.23. The minimum absolute atomic E-state index is 0.0251. The lowest BCUT2D eigenvalue weighted by atomic mass is 9.97. The molecule has 0 aromatic carbocycles. The van der Waals surface area contributed by atoms with Gasteiger partial charge in [-0.3, -0.25) is 4.79 Å². The van der Waals surface area contributed by atoms with E-state index >= 15 is 0 Å². The molecule has 1 atom stereocenters. The van der Waals surface area contributed by atoms with Crippen LogP contribution in [-0.4, -0.2) is 50.3 Å². The van der Waals surface area contributed by atoms with Crippen LogP contribution in [0.4, 0.5) is 5.82 Å². The zero-order chi connectivity index (χ0) is 19.5. The van der Waals surface area contributed by atoms with E-state index in [-0.39, 0.29) is 11.8 Å². The van der Waals surface area contributed by atoms with Crippen molar-refractivity contribution in [3.05, 3.63) is 29.9 Å². The van der Waals surface area contributed by atoms with E-state index in [1.54, 1.807) is 24.0 Å². The molecule has 1 unspecified atom stereocenters. The summed E-state index contributed by atoms with van der Waals surface area (Å²) in [5, 5.41) is 14.3. The number of carbonyl (C=O) groups excluding carboxylic acids is 1. The SMILES string of the molecule is CC(C)c1nncn1CCNC(=O)C1CCCN(c2ncnc3sccc23)C1. The Bertz CT molecular complexity index is 951. The van der Waals surface area contributed by atoms with Gasteiger partial charge in [0, 0.05) is 32.1 Å². The van der Waals surface area contributed by atoms with Gasteiger partial charge < -0.3 is 14.8 Å². The molecule has 1 saturated heterocycles. The maximum absolute atomic E-state index is 12.7. The van der Waals surface area contributed by atoms with Crippen LogP contribution in [0.2, 0.25) is 0 Å². The fraction of sp³-hybridized carbons (Fsp3) is 0.526. The zero-order valence-corrected chi connectivity index (χ0v) is 17.0. The summed E-state index contributed by atoms with van der Waals surface area (Å²) in [7, 11) is 0. The smallest absolute Gasteiger partial charge is 0.224 e. The van der Waals surface area contributed by atoms with E-state index < -0.39 is 0 Å². The number of amides is 1. The summed E-state index contributed by atoms with van der Waals surface area (Å²) in [4.78, 5) is 24.8. The van der Waals surface area contributed by atoms with Crippen molar-refractivity contribution in [3.63, 3.8) is 0 Å². The van der Waals surface area contributed by atoms with Crippen LogP contribution >= 0.6 is 11.3 Å². The molecule has 1 fully saturated rings. The number of fused-ring (bicyclic) bond motifs is 1. The third kappa shape index (κ3) is 3.84. The summed E-state index contributed by atoms with van der Waals surface area (Å²) < 4.78 is 2.01. The third-order valence-electron chi connectivity index (χ3n) is 5.15. The van der Waals surface area contributed by atoms with Crippen LogP contribution in [0.15, 0.2) is 24.1 Å². The molecule has 8 nitrogen and oxygen atoms in total. The number of piperidine rings is 1. The van der Waals surface area contributed by atoms with E-state index in [1.807, 2.05) is 9.95 Å². The quantitative estimate of drug-likeness (QED) is 0.685. The summed E-state index contributed by atoms with van der Waals surface area (Å²) >= 11 is 1.62. The molecule has 28 heavy (non-hydrogen) atoms. The highest BCUT2D eigenvalue weighted by Crippen LogP contribution is 2.29. The lowest BCUT2D eigenvalue weighted by Gasteiger charge is -2.33. The molecule has 9 heteroatoms. The molecule has 0 radical (unpaired) electrons. The monoisotopic (exact) mass is 399 g/mol. The minimum atomic E-state index is -0.0251. The van der Waals surface area contributed by atoms with E-state index in [1.165, 1.54) is 0 Å². The van der Waals surface area contributed by atoms with Gasteiger partial charge in [0.05, 0.1) is 11.3 Å². The van der Waals surface area contributed by atoms with Crippen LogP contribution in [-0.2, 0) is 11.3 Å². The van der Waals surface area contributed by atoms with Crippen molar-refractivity contribution in [2.45, 2.75) is 39.2 Å². The first kappa shape index (κ1) is 18.8. The van der Waals surface area contributed by atoms with Gasteiger partial charge in [-0.25, -0.2) is 9.97 Å². The fourth-order valence-corrected chi connectivity index (χ4v) is 4.47. The lowest BCUT2D eigenvalue weighted by molar-refractivity contribution is -0.125. The molecule has 3 aromatic heterocycles. The molecule has 0 bridgehead atoms. The van der Waals surface area contributed by atoms with Crippen molar-refractivity contribution >= 4 is 33.3 Å². The summed E-state index contributed by atoms with van der Waals surface area (Å²) in [5.41, 5.74) is 0. The van der Waals surface area contributed by atoms with Crippen molar-refractivity contribution in [1.29, 1.82) is 0 Å². The Morgan fingerprint density at radius 1 is 1.39 bits per heavy atom. The number of anilines is 1. The van der Waals surface area contributed by atoms with E-state index in [0.29, 0.717) is 25.6 Å². The Hall–Kier alpha value is -2.55. The molecule has 0 aliphatic carbocycles. The van der Waals surface area contributed by atoms with Crippen molar-refractivity contribution in [2.75, 3.05) is 24.5 Å². The highest BCUT2D eigenvalue weighted by atomic mass is 32.1. The van der Waals surface area contributed by atoms with Gasteiger partial charge in [-0.1, -0.05) is 13.8 Å². The van der Waals surface area contributed by atoms with Crippen LogP contribution in [0, 0.1) is 5.92 Å². The lowest BCUT2D eigenvalue weighted by Crippen LogP contribution is -2.44. The third-order valence-corrected chi connectivity index (χ3v) is 5.97. The van der Waals surface area contributed by atoms with Crippen molar-refractivity contribution in [2.24, 2.45) is 5.92 Å². The maximum Gasteiger partial charge on any atom is 0.224 e. The summed E-state index contributed by atoms with van der Waals surface area (Å²) in [6, 6.07) is 2.06. The van der Waals surface area contributed by atoms with Crippen molar-refractivity contribution in [1.82, 2.24) is 30.0 Å². The predicted molar refractivity (Wildman–Crippen MR) is 109 cm³/mol. The van der Waals surface area contributed by atoms with Crippen LogP contribution < -0.4 is 10.2 Å². The van der Waals surface area contributed by atoms with E-state index in [2.05, 4.69) is 50.3 Å². The molecule has 0 spiro atoms. The summed E-state index contributed by atoms with van der Waals surface area (Å²) in [5.74, 6) is 2.28. The van der Waals surface area contributed by atoms with E-state index in [9.17, 15) is 4.79 Å². The van der Waals surface area contributed by atoms with Crippen LogP contribution in [0.1, 0.15) is 38.4 Å². The van der Waals surface area contributed by atoms with Crippen LogP contribution in [0.5, 0.6) is 0 Å². The van der Waals surface area contributed by atoms with Crippen molar-refractivity contribution < 1.29 is 4.79 Å². The van der Waals surface area contributed by atoms with Gasteiger partial charge in [0.15, 0.2) is 0 Å². The highest BCUT2D eigenvalue weighted by molar-refractivity contribution is 7.16. The molecule has 3 aromatic rings. The zero-order valence-electron chi connectivity index (χ0n) is 16.2. The number of nitrogens with zero attached hydrogens (tertiary/aromatic N) is 6. The standard InChI is InChI=1S/C19H25N7OS/c1-13(2)16-24-23-12-26(16)8-6-20-18(27)14-4-3-7-25(10-14)17-15-5-9-28-19(15)22-11-21-17/h5,9,11-14H,3-4,6-8,10H2,1-2H3,(H,20,27). The molecular weight excluding hydrogens is 374 g/mol. The molecule has 1 aliphatic heterocycles. The first-order chi connectivity index (χ1) is 13.6. The Morgan fingerprint density at radius 2 is 2.29 bits per heavy atom. The van der Waals surface area contributed by atoms with E-state index in [0.717, 1.165) is 41.2 Å². The molecule has 148 valence electrons. The normalized spacial score (nSPS) is 17.4. The van der Waals surface area contributed by atoms with E-state index in [4.69, 9.17) is 0 Å². The second-order valence-corrected chi connectivity index (χ2v) is 8.34. The number of rotatable bonds is 6. The maximum atomic E-state index is 12.7. The number of carbonyl (C=O) groups is 1. The molecule has 1 amide bonds.